The van der Waals surface area contributed by atoms with E-state index in [1.807, 2.05) is 0 Å². The molecule has 0 aliphatic heterocycles. The zero-order valence-electron chi connectivity index (χ0n) is 18.4. The van der Waals surface area contributed by atoms with Crippen LogP contribution in [0.3, 0.4) is 0 Å². The van der Waals surface area contributed by atoms with Crippen molar-refractivity contribution in [2.75, 3.05) is 40.9 Å². The molecule has 0 saturated heterocycles. The van der Waals surface area contributed by atoms with Crippen LogP contribution in [0.4, 0.5) is 0 Å². The lowest BCUT2D eigenvalue weighted by Gasteiger charge is -2.23. The zero-order valence-corrected chi connectivity index (χ0v) is 19.2. The molecule has 0 unspecified atom stereocenters. The molecule has 0 aliphatic rings. The fourth-order valence-electron chi connectivity index (χ4n) is 2.89. The van der Waals surface area contributed by atoms with Gasteiger partial charge in [-0.3, -0.25) is 0 Å². The molecule has 26 heavy (non-hydrogen) atoms. The fourth-order valence-corrected chi connectivity index (χ4v) is 2.89. The van der Waals surface area contributed by atoms with E-state index in [-0.39, 0.29) is 12.4 Å². The first-order valence-corrected chi connectivity index (χ1v) is 11.1. The maximum atomic E-state index is 5.70. The lowest BCUT2D eigenvalue weighted by molar-refractivity contribution is -0.870. The van der Waals surface area contributed by atoms with Crippen LogP contribution in [-0.2, 0) is 4.74 Å². The van der Waals surface area contributed by atoms with Crippen molar-refractivity contribution in [3.05, 3.63) is 12.2 Å². The fraction of sp³-hybridized carbons (Fsp3) is 0.913. The van der Waals surface area contributed by atoms with E-state index in [1.54, 1.807) is 0 Å². The second kappa shape index (κ2) is 21.3. The van der Waals surface area contributed by atoms with Gasteiger partial charge in [0.05, 0.1) is 27.7 Å². The Kier molecular flexibility index (Phi) is 23.0. The van der Waals surface area contributed by atoms with Gasteiger partial charge in [0, 0.05) is 6.61 Å². The van der Waals surface area contributed by atoms with Crippen LogP contribution in [0.1, 0.15) is 96.8 Å². The highest BCUT2D eigenvalue weighted by Gasteiger charge is 2.05. The maximum absolute atomic E-state index is 5.70. The summed E-state index contributed by atoms with van der Waals surface area (Å²) in [6.07, 6.45) is 23.9. The SMILES string of the molecule is CCCCCCCC/C=C\CCCCCCCCOCC[N+](C)(C)C.[Cl-]. The van der Waals surface area contributed by atoms with Gasteiger partial charge in [-0.15, -0.1) is 0 Å². The van der Waals surface area contributed by atoms with Crippen LogP contribution >= 0.6 is 0 Å². The van der Waals surface area contributed by atoms with Gasteiger partial charge < -0.3 is 21.6 Å². The molecule has 0 heterocycles. The van der Waals surface area contributed by atoms with Crippen LogP contribution in [0.15, 0.2) is 12.2 Å². The van der Waals surface area contributed by atoms with Crippen molar-refractivity contribution in [1.82, 2.24) is 0 Å². The molecule has 0 aromatic carbocycles. The Hall–Kier alpha value is -0.0500. The van der Waals surface area contributed by atoms with Gasteiger partial charge in [0.25, 0.3) is 0 Å². The summed E-state index contributed by atoms with van der Waals surface area (Å²) in [5, 5.41) is 0. The molecule has 0 aromatic rings. The molecule has 2 nitrogen and oxygen atoms in total. The second-order valence-electron chi connectivity index (χ2n) is 8.56. The van der Waals surface area contributed by atoms with Gasteiger partial charge in [-0.2, -0.15) is 0 Å². The lowest BCUT2D eigenvalue weighted by Crippen LogP contribution is -3.00. The summed E-state index contributed by atoms with van der Waals surface area (Å²) in [5.74, 6) is 0. The van der Waals surface area contributed by atoms with Gasteiger partial charge in [-0.25, -0.2) is 0 Å². The molecule has 0 radical (unpaired) electrons. The molecule has 0 spiro atoms. The molecule has 0 atom stereocenters. The summed E-state index contributed by atoms with van der Waals surface area (Å²) < 4.78 is 6.70. The van der Waals surface area contributed by atoms with E-state index in [0.29, 0.717) is 0 Å². The third-order valence-electron chi connectivity index (χ3n) is 4.71. The molecule has 3 heteroatoms. The molecule has 0 aliphatic carbocycles. The lowest BCUT2D eigenvalue weighted by atomic mass is 10.1. The molecule has 0 N–H and O–H groups in total. The van der Waals surface area contributed by atoms with Crippen molar-refractivity contribution < 1.29 is 21.6 Å². The first-order chi connectivity index (χ1) is 12.1. The van der Waals surface area contributed by atoms with E-state index in [2.05, 4.69) is 40.2 Å². The number of allylic oxidation sites excluding steroid dienone is 2. The van der Waals surface area contributed by atoms with Crippen molar-refractivity contribution in [1.29, 1.82) is 0 Å². The summed E-state index contributed by atoms with van der Waals surface area (Å²) in [6.45, 7) is 5.23. The average Bonchev–Trinajstić information content (AvgIpc) is 2.56. The number of ether oxygens (including phenoxy) is 1. The number of nitrogens with zero attached hydrogens (tertiary/aromatic N) is 1. The van der Waals surface area contributed by atoms with E-state index in [1.165, 1.54) is 89.9 Å². The predicted molar refractivity (Wildman–Crippen MR) is 113 cm³/mol. The smallest absolute Gasteiger partial charge is 0.102 e. The first kappa shape index (κ1) is 28.2. The molecule has 0 rings (SSSR count). The summed E-state index contributed by atoms with van der Waals surface area (Å²) in [4.78, 5) is 0. The molecule has 0 aromatic heterocycles. The number of halogens is 1. The summed E-state index contributed by atoms with van der Waals surface area (Å²) in [6, 6.07) is 0. The zero-order chi connectivity index (χ0) is 18.6. The number of hydrogen-bond acceptors (Lipinski definition) is 1. The predicted octanol–water partition coefficient (Wildman–Crippen LogP) is 3.75. The van der Waals surface area contributed by atoms with Gasteiger partial charge >= 0.3 is 0 Å². The molecular formula is C23H48ClNO. The van der Waals surface area contributed by atoms with Gasteiger partial charge in [0.1, 0.15) is 6.54 Å². The molecule has 0 fully saturated rings. The minimum atomic E-state index is 0. The van der Waals surface area contributed by atoms with Crippen LogP contribution in [0.25, 0.3) is 0 Å². The quantitative estimate of drug-likeness (QED) is 0.186. The second-order valence-corrected chi connectivity index (χ2v) is 8.56. The normalized spacial score (nSPS) is 11.8. The van der Waals surface area contributed by atoms with Crippen molar-refractivity contribution in [3.63, 3.8) is 0 Å². The molecule has 0 amide bonds. The maximum Gasteiger partial charge on any atom is 0.102 e. The van der Waals surface area contributed by atoms with Crippen LogP contribution in [0, 0.1) is 0 Å². The summed E-state index contributed by atoms with van der Waals surface area (Å²) >= 11 is 0. The van der Waals surface area contributed by atoms with Crippen LogP contribution in [0.2, 0.25) is 0 Å². The Morgan fingerprint density at radius 3 is 1.58 bits per heavy atom. The Labute approximate surface area is 171 Å². The van der Waals surface area contributed by atoms with E-state index in [9.17, 15) is 0 Å². The largest absolute Gasteiger partial charge is 1.00 e. The number of likely N-dealkylation sites (N-methyl/N-ethyl adjacent to an activating group) is 1. The van der Waals surface area contributed by atoms with Crippen LogP contribution < -0.4 is 12.4 Å². The standard InChI is InChI=1S/C23H48NO.ClH/c1-5-6-7-8-9-10-11-12-13-14-15-16-17-18-19-20-22-25-23-21-24(2,3)4;/h12-13H,5-11,14-23H2,1-4H3;1H/q+1;/p-1/b13-12-;. The highest BCUT2D eigenvalue weighted by Crippen LogP contribution is 2.10. The van der Waals surface area contributed by atoms with E-state index < -0.39 is 0 Å². The van der Waals surface area contributed by atoms with E-state index in [4.69, 9.17) is 4.74 Å². The first-order valence-electron chi connectivity index (χ1n) is 11.1. The monoisotopic (exact) mass is 389 g/mol. The number of hydrogen-bond donors (Lipinski definition) is 0. The third kappa shape index (κ3) is 26.2. The van der Waals surface area contributed by atoms with Crippen LogP contribution in [0.5, 0.6) is 0 Å². The average molecular weight is 390 g/mol. The van der Waals surface area contributed by atoms with E-state index in [0.717, 1.165) is 24.2 Å². The van der Waals surface area contributed by atoms with Gasteiger partial charge in [-0.1, -0.05) is 76.9 Å². The van der Waals surface area contributed by atoms with Crippen molar-refractivity contribution in [3.8, 4) is 0 Å². The Bertz CT molecular complexity index is 286. The Balaban J connectivity index is 0. The summed E-state index contributed by atoms with van der Waals surface area (Å²) in [5.41, 5.74) is 0. The van der Waals surface area contributed by atoms with Crippen molar-refractivity contribution in [2.24, 2.45) is 0 Å². The molecule has 0 bridgehead atoms. The number of unbranched alkanes of at least 4 members (excludes halogenated alkanes) is 12. The summed E-state index contributed by atoms with van der Waals surface area (Å²) in [7, 11) is 6.65. The highest BCUT2D eigenvalue weighted by molar-refractivity contribution is 4.81. The Morgan fingerprint density at radius 1 is 0.615 bits per heavy atom. The highest BCUT2D eigenvalue weighted by atomic mass is 35.5. The molecule has 158 valence electrons. The molecular weight excluding hydrogens is 342 g/mol. The number of rotatable bonds is 19. The minimum absolute atomic E-state index is 0. The number of quaternary nitrogens is 1. The van der Waals surface area contributed by atoms with Gasteiger partial charge in [0.15, 0.2) is 0 Å². The third-order valence-corrected chi connectivity index (χ3v) is 4.71. The van der Waals surface area contributed by atoms with Gasteiger partial charge in [-0.05, 0) is 32.1 Å². The van der Waals surface area contributed by atoms with Crippen molar-refractivity contribution in [2.45, 2.75) is 96.8 Å². The topological polar surface area (TPSA) is 9.23 Å². The van der Waals surface area contributed by atoms with Gasteiger partial charge in [0.2, 0.25) is 0 Å². The minimum Gasteiger partial charge on any atom is -1.00 e. The van der Waals surface area contributed by atoms with Crippen molar-refractivity contribution >= 4 is 0 Å². The van der Waals surface area contributed by atoms with Crippen LogP contribution in [-0.4, -0.2) is 45.4 Å². The van der Waals surface area contributed by atoms with E-state index >= 15 is 0 Å². The molecule has 0 saturated carbocycles. The Morgan fingerprint density at radius 2 is 1.08 bits per heavy atom.